The Balaban J connectivity index is 2.87. The maximum atomic E-state index is 12.5. The topological polar surface area (TPSA) is 83.2 Å². The van der Waals surface area contributed by atoms with Crippen LogP contribution in [0.4, 0.5) is 13.2 Å². The van der Waals surface area contributed by atoms with Crippen molar-refractivity contribution in [2.24, 2.45) is 7.05 Å². The number of Topliss-reactive ketones (excluding diaryl/α,β-unsaturated/α-hetero) is 1. The van der Waals surface area contributed by atoms with Gasteiger partial charge in [0.15, 0.2) is 5.78 Å². The minimum absolute atomic E-state index is 0.0773. The zero-order valence-electron chi connectivity index (χ0n) is 10.7. The van der Waals surface area contributed by atoms with Gasteiger partial charge in [0, 0.05) is 7.05 Å². The number of aromatic nitrogens is 3. The highest BCUT2D eigenvalue weighted by Crippen LogP contribution is 2.25. The highest BCUT2D eigenvalue weighted by molar-refractivity contribution is 5.95. The lowest BCUT2D eigenvalue weighted by molar-refractivity contribution is -0.148. The van der Waals surface area contributed by atoms with Crippen LogP contribution in [-0.2, 0) is 34.1 Å². The molecule has 7 nitrogen and oxygen atoms in total. The van der Waals surface area contributed by atoms with Crippen LogP contribution in [0.15, 0.2) is 4.79 Å². The molecule has 0 aliphatic carbocycles. The molecule has 0 spiro atoms. The van der Waals surface area contributed by atoms with Gasteiger partial charge in [0.1, 0.15) is 13.0 Å². The van der Waals surface area contributed by atoms with Gasteiger partial charge in [0.05, 0.1) is 6.61 Å². The third-order valence-corrected chi connectivity index (χ3v) is 2.27. The average molecular weight is 295 g/mol. The lowest BCUT2D eigenvalue weighted by Gasteiger charge is -2.02. The van der Waals surface area contributed by atoms with Crippen molar-refractivity contribution in [2.45, 2.75) is 26.1 Å². The summed E-state index contributed by atoms with van der Waals surface area (Å²) in [5, 5.41) is 3.04. The Morgan fingerprint density at radius 3 is 2.40 bits per heavy atom. The van der Waals surface area contributed by atoms with Gasteiger partial charge in [-0.1, -0.05) is 0 Å². The van der Waals surface area contributed by atoms with Crippen molar-refractivity contribution < 1.29 is 27.5 Å². The SMILES string of the molecule is CCOC(=O)CC(=O)Cn1nc(C(F)(F)F)n(C)c1=O. The van der Waals surface area contributed by atoms with E-state index in [2.05, 4.69) is 9.84 Å². The van der Waals surface area contributed by atoms with Crippen molar-refractivity contribution >= 4 is 11.8 Å². The number of nitrogens with zero attached hydrogens (tertiary/aromatic N) is 3. The number of hydrogen-bond acceptors (Lipinski definition) is 5. The van der Waals surface area contributed by atoms with E-state index in [9.17, 15) is 27.6 Å². The molecule has 0 aliphatic heterocycles. The van der Waals surface area contributed by atoms with Crippen LogP contribution in [0, 0.1) is 0 Å². The van der Waals surface area contributed by atoms with Gasteiger partial charge in [0.25, 0.3) is 0 Å². The lowest BCUT2D eigenvalue weighted by Crippen LogP contribution is -2.28. The Morgan fingerprint density at radius 1 is 1.35 bits per heavy atom. The summed E-state index contributed by atoms with van der Waals surface area (Å²) in [5.74, 6) is -2.98. The lowest BCUT2D eigenvalue weighted by atomic mass is 10.3. The second kappa shape index (κ2) is 5.88. The predicted molar refractivity (Wildman–Crippen MR) is 58.7 cm³/mol. The number of carbonyl (C=O) groups is 2. The van der Waals surface area contributed by atoms with E-state index in [1.807, 2.05) is 0 Å². The monoisotopic (exact) mass is 295 g/mol. The molecule has 0 aromatic carbocycles. The van der Waals surface area contributed by atoms with Crippen molar-refractivity contribution in [2.75, 3.05) is 6.61 Å². The molecule has 0 aliphatic rings. The zero-order chi connectivity index (χ0) is 15.5. The molecule has 0 atom stereocenters. The summed E-state index contributed by atoms with van der Waals surface area (Å²) < 4.78 is 42.7. The van der Waals surface area contributed by atoms with E-state index in [4.69, 9.17) is 0 Å². The Hall–Kier alpha value is -2.13. The standard InChI is InChI=1S/C10H12F3N3O4/c1-3-20-7(18)4-6(17)5-16-9(19)15(2)8(14-16)10(11,12)13/h3-5H2,1-2H3. The quantitative estimate of drug-likeness (QED) is 0.569. The Morgan fingerprint density at radius 2 is 1.95 bits per heavy atom. The fraction of sp³-hybridized carbons (Fsp3) is 0.600. The number of carbonyl (C=O) groups excluding carboxylic acids is 2. The maximum absolute atomic E-state index is 12.5. The normalized spacial score (nSPS) is 11.4. The number of ether oxygens (including phenoxy) is 1. The van der Waals surface area contributed by atoms with Crippen LogP contribution in [0.2, 0.25) is 0 Å². The van der Waals surface area contributed by atoms with E-state index >= 15 is 0 Å². The smallest absolute Gasteiger partial charge is 0.451 e. The summed E-state index contributed by atoms with van der Waals surface area (Å²) in [4.78, 5) is 33.9. The number of hydrogen-bond donors (Lipinski definition) is 0. The van der Waals surface area contributed by atoms with E-state index < -0.39 is 42.4 Å². The Kier molecular flexibility index (Phi) is 4.69. The molecular formula is C10H12F3N3O4. The fourth-order valence-electron chi connectivity index (χ4n) is 1.43. The molecule has 0 saturated carbocycles. The molecular weight excluding hydrogens is 283 g/mol. The predicted octanol–water partition coefficient (Wildman–Crippen LogP) is 0.123. The minimum Gasteiger partial charge on any atom is -0.466 e. The summed E-state index contributed by atoms with van der Waals surface area (Å²) in [7, 11) is 0.893. The van der Waals surface area contributed by atoms with E-state index in [1.165, 1.54) is 0 Å². The first kappa shape index (κ1) is 15.9. The highest BCUT2D eigenvalue weighted by Gasteiger charge is 2.38. The summed E-state index contributed by atoms with van der Waals surface area (Å²) in [5.41, 5.74) is -1.09. The van der Waals surface area contributed by atoms with E-state index in [1.54, 1.807) is 6.92 Å². The van der Waals surface area contributed by atoms with Crippen LogP contribution in [-0.4, -0.2) is 32.7 Å². The minimum atomic E-state index is -4.80. The molecule has 1 aromatic heterocycles. The van der Waals surface area contributed by atoms with Crippen LogP contribution in [0.5, 0.6) is 0 Å². The van der Waals surface area contributed by atoms with Crippen molar-refractivity contribution in [1.82, 2.24) is 14.3 Å². The van der Waals surface area contributed by atoms with Gasteiger partial charge in [0.2, 0.25) is 5.82 Å². The summed E-state index contributed by atoms with van der Waals surface area (Å²) in [6.07, 6.45) is -5.43. The molecule has 20 heavy (non-hydrogen) atoms. The summed E-state index contributed by atoms with van der Waals surface area (Å²) >= 11 is 0. The molecule has 0 unspecified atom stereocenters. The van der Waals surface area contributed by atoms with Crippen LogP contribution >= 0.6 is 0 Å². The van der Waals surface area contributed by atoms with Gasteiger partial charge in [-0.05, 0) is 6.92 Å². The molecule has 1 rings (SSSR count). The number of rotatable bonds is 5. The van der Waals surface area contributed by atoms with Crippen molar-refractivity contribution in [3.63, 3.8) is 0 Å². The third-order valence-electron chi connectivity index (χ3n) is 2.27. The van der Waals surface area contributed by atoms with Crippen LogP contribution in [0.1, 0.15) is 19.2 Å². The van der Waals surface area contributed by atoms with Crippen LogP contribution in [0.3, 0.4) is 0 Å². The molecule has 0 amide bonds. The average Bonchev–Trinajstić information content (AvgIpc) is 2.57. The number of ketones is 1. The molecule has 0 radical (unpaired) electrons. The first-order valence-electron chi connectivity index (χ1n) is 5.55. The molecule has 0 N–H and O–H groups in total. The van der Waals surface area contributed by atoms with Gasteiger partial charge in [-0.15, -0.1) is 5.10 Å². The molecule has 112 valence electrons. The van der Waals surface area contributed by atoms with Gasteiger partial charge >= 0.3 is 17.8 Å². The first-order chi connectivity index (χ1) is 9.16. The largest absolute Gasteiger partial charge is 0.466 e. The van der Waals surface area contributed by atoms with Gasteiger partial charge in [-0.25, -0.2) is 9.48 Å². The maximum Gasteiger partial charge on any atom is 0.451 e. The summed E-state index contributed by atoms with van der Waals surface area (Å²) in [6.45, 7) is 0.899. The number of alkyl halides is 3. The van der Waals surface area contributed by atoms with Crippen molar-refractivity contribution in [1.29, 1.82) is 0 Å². The van der Waals surface area contributed by atoms with Crippen LogP contribution in [0.25, 0.3) is 0 Å². The molecule has 0 fully saturated rings. The Bertz CT molecular complexity index is 573. The third kappa shape index (κ3) is 3.68. The molecule has 10 heteroatoms. The molecule has 0 saturated heterocycles. The van der Waals surface area contributed by atoms with Gasteiger partial charge in [-0.2, -0.15) is 13.2 Å². The molecule has 1 heterocycles. The fourth-order valence-corrected chi connectivity index (χ4v) is 1.43. The van der Waals surface area contributed by atoms with E-state index in [-0.39, 0.29) is 11.2 Å². The van der Waals surface area contributed by atoms with E-state index in [0.717, 1.165) is 7.05 Å². The van der Waals surface area contributed by atoms with Gasteiger partial charge < -0.3 is 4.74 Å². The Labute approximate surface area is 110 Å². The second-order valence-corrected chi connectivity index (χ2v) is 3.84. The molecule has 0 bridgehead atoms. The highest BCUT2D eigenvalue weighted by atomic mass is 19.4. The first-order valence-corrected chi connectivity index (χ1v) is 5.55. The molecule has 1 aromatic rings. The van der Waals surface area contributed by atoms with Crippen molar-refractivity contribution in [3.05, 3.63) is 16.3 Å². The van der Waals surface area contributed by atoms with E-state index in [0.29, 0.717) is 4.68 Å². The van der Waals surface area contributed by atoms with Crippen molar-refractivity contribution in [3.8, 4) is 0 Å². The van der Waals surface area contributed by atoms with Gasteiger partial charge in [-0.3, -0.25) is 14.2 Å². The number of esters is 1. The summed E-state index contributed by atoms with van der Waals surface area (Å²) in [6, 6.07) is 0. The van der Waals surface area contributed by atoms with Crippen LogP contribution < -0.4 is 5.69 Å². The zero-order valence-corrected chi connectivity index (χ0v) is 10.7. The second-order valence-electron chi connectivity index (χ2n) is 3.84. The number of halogens is 3.